The van der Waals surface area contributed by atoms with Gasteiger partial charge in [-0.05, 0) is 50.8 Å². The first-order chi connectivity index (χ1) is 14.2. The molecule has 2 N–H and O–H groups in total. The number of benzene rings is 1. The number of likely N-dealkylation sites (tertiary alicyclic amines) is 1. The zero-order valence-electron chi connectivity index (χ0n) is 17.5. The molecule has 2 saturated heterocycles. The molecular formula is C22H35FN4O2. The zero-order chi connectivity index (χ0) is 20.3. The van der Waals surface area contributed by atoms with E-state index >= 15 is 0 Å². The van der Waals surface area contributed by atoms with Crippen LogP contribution in [0.2, 0.25) is 0 Å². The minimum atomic E-state index is -0.104. The van der Waals surface area contributed by atoms with Crippen LogP contribution in [0.15, 0.2) is 29.3 Å². The topological polar surface area (TPSA) is 58.1 Å². The molecule has 0 amide bonds. The van der Waals surface area contributed by atoms with E-state index in [-0.39, 0.29) is 11.9 Å². The van der Waals surface area contributed by atoms with E-state index in [0.717, 1.165) is 83.2 Å². The largest absolute Gasteiger partial charge is 0.379 e. The van der Waals surface area contributed by atoms with Crippen LogP contribution >= 0.6 is 0 Å². The molecule has 2 aliphatic rings. The maximum Gasteiger partial charge on any atom is 0.190 e. The lowest BCUT2D eigenvalue weighted by Crippen LogP contribution is -2.43. The minimum Gasteiger partial charge on any atom is -0.379 e. The van der Waals surface area contributed by atoms with Gasteiger partial charge in [-0.25, -0.2) is 4.39 Å². The molecule has 3 rings (SSSR count). The van der Waals surface area contributed by atoms with E-state index in [1.54, 1.807) is 19.2 Å². The molecule has 1 atom stereocenters. The Morgan fingerprint density at radius 2 is 2.07 bits per heavy atom. The van der Waals surface area contributed by atoms with Crippen LogP contribution in [0.1, 0.15) is 31.2 Å². The molecule has 2 heterocycles. The molecule has 2 aliphatic heterocycles. The summed E-state index contributed by atoms with van der Waals surface area (Å²) in [5.41, 5.74) is 0.790. The Bertz CT molecular complexity index is 629. The van der Waals surface area contributed by atoms with Crippen molar-refractivity contribution in [2.24, 2.45) is 10.9 Å². The number of piperidine rings is 1. The number of aliphatic imine (C=N–C) groups is 1. The molecule has 0 bridgehead atoms. The average Bonchev–Trinajstić information content (AvgIpc) is 3.26. The summed E-state index contributed by atoms with van der Waals surface area (Å²) in [6.07, 6.45) is 4.48. The van der Waals surface area contributed by atoms with E-state index in [0.29, 0.717) is 12.5 Å². The van der Waals surface area contributed by atoms with E-state index in [2.05, 4.69) is 20.5 Å². The van der Waals surface area contributed by atoms with Gasteiger partial charge in [-0.2, -0.15) is 0 Å². The predicted molar refractivity (Wildman–Crippen MR) is 114 cm³/mol. The SMILES string of the molecule is CN=C(NCCCOC1CCOC1)NCC1CCN(Cc2ccccc2F)CC1. The number of hydrogen-bond donors (Lipinski definition) is 2. The molecular weight excluding hydrogens is 371 g/mol. The fourth-order valence-corrected chi connectivity index (χ4v) is 3.85. The predicted octanol–water partition coefficient (Wildman–Crippen LogP) is 2.40. The van der Waals surface area contributed by atoms with Crippen LogP contribution in [0, 0.1) is 11.7 Å². The highest BCUT2D eigenvalue weighted by Gasteiger charge is 2.20. The van der Waals surface area contributed by atoms with Gasteiger partial charge in [-0.15, -0.1) is 0 Å². The second kappa shape index (κ2) is 12.1. The summed E-state index contributed by atoms with van der Waals surface area (Å²) in [5.74, 6) is 1.37. The van der Waals surface area contributed by atoms with Crippen LogP contribution in [0.4, 0.5) is 4.39 Å². The highest BCUT2D eigenvalue weighted by atomic mass is 19.1. The molecule has 0 spiro atoms. The van der Waals surface area contributed by atoms with Gasteiger partial charge in [0.1, 0.15) is 5.82 Å². The monoisotopic (exact) mass is 406 g/mol. The molecule has 7 heteroatoms. The summed E-state index contributed by atoms with van der Waals surface area (Å²) in [4.78, 5) is 6.65. The molecule has 0 saturated carbocycles. The third kappa shape index (κ3) is 7.57. The number of rotatable bonds is 9. The van der Waals surface area contributed by atoms with Crippen molar-refractivity contribution in [1.82, 2.24) is 15.5 Å². The van der Waals surface area contributed by atoms with Gasteiger partial charge in [-0.1, -0.05) is 18.2 Å². The maximum atomic E-state index is 13.8. The minimum absolute atomic E-state index is 0.104. The number of nitrogens with zero attached hydrogens (tertiary/aromatic N) is 2. The lowest BCUT2D eigenvalue weighted by molar-refractivity contribution is 0.0420. The van der Waals surface area contributed by atoms with E-state index < -0.39 is 0 Å². The standard InChI is InChI=1S/C22H35FN4O2/c1-24-22(25-10-4-13-29-20-9-14-28-17-20)26-15-18-7-11-27(12-8-18)16-19-5-2-3-6-21(19)23/h2-3,5-6,18,20H,4,7-17H2,1H3,(H2,24,25,26). The van der Waals surface area contributed by atoms with Gasteiger partial charge in [0.15, 0.2) is 5.96 Å². The Morgan fingerprint density at radius 1 is 1.24 bits per heavy atom. The van der Waals surface area contributed by atoms with Crippen LogP contribution in [0.25, 0.3) is 0 Å². The smallest absolute Gasteiger partial charge is 0.190 e. The molecule has 0 aliphatic carbocycles. The van der Waals surface area contributed by atoms with Gasteiger partial charge in [0, 0.05) is 45.5 Å². The summed E-state index contributed by atoms with van der Waals surface area (Å²) >= 11 is 0. The lowest BCUT2D eigenvalue weighted by atomic mass is 9.96. The first-order valence-corrected chi connectivity index (χ1v) is 10.8. The van der Waals surface area contributed by atoms with Gasteiger partial charge in [0.2, 0.25) is 0 Å². The van der Waals surface area contributed by atoms with Gasteiger partial charge >= 0.3 is 0 Å². The summed E-state index contributed by atoms with van der Waals surface area (Å²) in [6.45, 7) is 6.78. The Morgan fingerprint density at radius 3 is 2.79 bits per heavy atom. The van der Waals surface area contributed by atoms with Crippen molar-refractivity contribution in [3.05, 3.63) is 35.6 Å². The molecule has 0 aromatic heterocycles. The molecule has 1 unspecified atom stereocenters. The van der Waals surface area contributed by atoms with Crippen molar-refractivity contribution < 1.29 is 13.9 Å². The molecule has 162 valence electrons. The van der Waals surface area contributed by atoms with Gasteiger partial charge in [0.05, 0.1) is 12.7 Å². The molecule has 29 heavy (non-hydrogen) atoms. The average molecular weight is 407 g/mol. The van der Waals surface area contributed by atoms with Gasteiger partial charge < -0.3 is 20.1 Å². The van der Waals surface area contributed by atoms with Crippen molar-refractivity contribution in [2.75, 3.05) is 53.0 Å². The molecule has 6 nitrogen and oxygen atoms in total. The second-order valence-corrected chi connectivity index (χ2v) is 7.90. The van der Waals surface area contributed by atoms with Crippen LogP contribution in [0.5, 0.6) is 0 Å². The number of ether oxygens (including phenoxy) is 2. The normalized spacial score (nSPS) is 21.4. The van der Waals surface area contributed by atoms with Crippen LogP contribution in [-0.2, 0) is 16.0 Å². The Balaban J connectivity index is 1.26. The van der Waals surface area contributed by atoms with Crippen molar-refractivity contribution in [2.45, 2.75) is 38.3 Å². The molecule has 1 aromatic carbocycles. The summed E-state index contributed by atoms with van der Waals surface area (Å²) < 4.78 is 24.9. The summed E-state index contributed by atoms with van der Waals surface area (Å²) in [5, 5.41) is 6.80. The fraction of sp³-hybridized carbons (Fsp3) is 0.682. The van der Waals surface area contributed by atoms with Gasteiger partial charge in [0.25, 0.3) is 0 Å². The Labute approximate surface area is 173 Å². The first kappa shape index (κ1) is 22.0. The summed E-state index contributed by atoms with van der Waals surface area (Å²) in [7, 11) is 1.80. The molecule has 1 aromatic rings. The fourth-order valence-electron chi connectivity index (χ4n) is 3.85. The van der Waals surface area contributed by atoms with E-state index in [9.17, 15) is 4.39 Å². The number of nitrogens with one attached hydrogen (secondary N) is 2. The quantitative estimate of drug-likeness (QED) is 0.375. The van der Waals surface area contributed by atoms with Crippen molar-refractivity contribution in [1.29, 1.82) is 0 Å². The highest BCUT2D eigenvalue weighted by molar-refractivity contribution is 5.79. The zero-order valence-corrected chi connectivity index (χ0v) is 17.5. The van der Waals surface area contributed by atoms with E-state index in [1.165, 1.54) is 0 Å². The third-order valence-corrected chi connectivity index (χ3v) is 5.70. The Hall–Kier alpha value is -1.70. The number of guanidine groups is 1. The molecule has 2 fully saturated rings. The highest BCUT2D eigenvalue weighted by Crippen LogP contribution is 2.19. The van der Waals surface area contributed by atoms with Crippen molar-refractivity contribution >= 4 is 5.96 Å². The lowest BCUT2D eigenvalue weighted by Gasteiger charge is -2.32. The molecule has 0 radical (unpaired) electrons. The maximum absolute atomic E-state index is 13.8. The third-order valence-electron chi connectivity index (χ3n) is 5.70. The van der Waals surface area contributed by atoms with Crippen LogP contribution in [0.3, 0.4) is 0 Å². The summed E-state index contributed by atoms with van der Waals surface area (Å²) in [6, 6.07) is 7.07. The van der Waals surface area contributed by atoms with Crippen molar-refractivity contribution in [3.8, 4) is 0 Å². The number of halogens is 1. The van der Waals surface area contributed by atoms with Crippen molar-refractivity contribution in [3.63, 3.8) is 0 Å². The number of hydrogen-bond acceptors (Lipinski definition) is 4. The van der Waals surface area contributed by atoms with E-state index in [4.69, 9.17) is 9.47 Å². The Kier molecular flexibility index (Phi) is 9.18. The second-order valence-electron chi connectivity index (χ2n) is 7.90. The van der Waals surface area contributed by atoms with E-state index in [1.807, 2.05) is 12.1 Å². The van der Waals surface area contributed by atoms with Gasteiger partial charge in [-0.3, -0.25) is 9.89 Å². The van der Waals surface area contributed by atoms with Crippen LogP contribution in [-0.4, -0.2) is 70.0 Å². The van der Waals surface area contributed by atoms with Crippen LogP contribution < -0.4 is 10.6 Å². The first-order valence-electron chi connectivity index (χ1n) is 10.8.